The summed E-state index contributed by atoms with van der Waals surface area (Å²) in [6.07, 6.45) is -2.69. The lowest BCUT2D eigenvalue weighted by molar-refractivity contribution is -0.169. The number of benzene rings is 1. The zero-order chi connectivity index (χ0) is 23.1. The van der Waals surface area contributed by atoms with Crippen molar-refractivity contribution >= 4 is 5.91 Å². The van der Waals surface area contributed by atoms with Gasteiger partial charge in [0.2, 0.25) is 0 Å². The van der Waals surface area contributed by atoms with Crippen molar-refractivity contribution in [2.45, 2.75) is 43.6 Å². The van der Waals surface area contributed by atoms with E-state index in [-0.39, 0.29) is 23.6 Å². The number of fused-ring (bicyclic) bond motifs is 1. The van der Waals surface area contributed by atoms with Crippen LogP contribution in [0.1, 0.15) is 41.9 Å². The Balaban J connectivity index is 1.53. The van der Waals surface area contributed by atoms with Crippen molar-refractivity contribution in [2.24, 2.45) is 0 Å². The number of ether oxygens (including phenoxy) is 2. The van der Waals surface area contributed by atoms with Crippen LogP contribution < -0.4 is 4.74 Å². The number of amides is 1. The van der Waals surface area contributed by atoms with E-state index in [0.29, 0.717) is 19.6 Å². The third-order valence-corrected chi connectivity index (χ3v) is 5.94. The van der Waals surface area contributed by atoms with E-state index in [1.807, 2.05) is 18.2 Å². The highest BCUT2D eigenvalue weighted by Crippen LogP contribution is 2.44. The molecule has 2 aliphatic rings. The van der Waals surface area contributed by atoms with Crippen molar-refractivity contribution in [3.63, 3.8) is 0 Å². The molecule has 1 aromatic carbocycles. The second kappa shape index (κ2) is 8.03. The maximum absolute atomic E-state index is 13.7. The van der Waals surface area contributed by atoms with Crippen molar-refractivity contribution in [3.8, 4) is 5.75 Å². The monoisotopic (exact) mass is 452 g/mol. The highest BCUT2D eigenvalue weighted by Gasteiger charge is 2.54. The van der Waals surface area contributed by atoms with Gasteiger partial charge in [-0.25, -0.2) is 4.39 Å². The Bertz CT molecular complexity index is 991. The molecule has 172 valence electrons. The van der Waals surface area contributed by atoms with Gasteiger partial charge in [0.1, 0.15) is 18.0 Å². The molecule has 0 radical (unpaired) electrons. The van der Waals surface area contributed by atoms with Crippen LogP contribution in [0.4, 0.5) is 17.6 Å². The van der Waals surface area contributed by atoms with Crippen molar-refractivity contribution in [3.05, 3.63) is 59.4 Å². The second-order valence-corrected chi connectivity index (χ2v) is 8.89. The molecule has 3 heterocycles. The van der Waals surface area contributed by atoms with Crippen molar-refractivity contribution in [1.29, 1.82) is 0 Å². The highest BCUT2D eigenvalue weighted by molar-refractivity contribution is 5.94. The zero-order valence-corrected chi connectivity index (χ0v) is 17.8. The number of rotatable bonds is 5. The first-order valence-corrected chi connectivity index (χ1v) is 10.3. The lowest BCUT2D eigenvalue weighted by atomic mass is 9.70. The fourth-order valence-corrected chi connectivity index (χ4v) is 4.14. The fraction of sp³-hybridized carbons (Fsp3) is 0.478. The summed E-state index contributed by atoms with van der Waals surface area (Å²) in [6, 6.07) is 8.78. The van der Waals surface area contributed by atoms with E-state index in [1.165, 1.54) is 24.8 Å². The first-order valence-electron chi connectivity index (χ1n) is 10.3. The van der Waals surface area contributed by atoms with Crippen molar-refractivity contribution in [1.82, 2.24) is 9.88 Å². The summed E-state index contributed by atoms with van der Waals surface area (Å²) >= 11 is 0. The molecule has 32 heavy (non-hydrogen) atoms. The van der Waals surface area contributed by atoms with Crippen LogP contribution in [0.15, 0.2) is 42.6 Å². The van der Waals surface area contributed by atoms with E-state index < -0.39 is 35.7 Å². The average molecular weight is 452 g/mol. The highest BCUT2D eigenvalue weighted by atomic mass is 19.4. The molecule has 1 aromatic heterocycles. The largest absolute Gasteiger partial charge is 0.490 e. The first-order chi connectivity index (χ1) is 15.0. The molecule has 2 fully saturated rings. The maximum Gasteiger partial charge on any atom is 0.419 e. The van der Waals surface area contributed by atoms with Gasteiger partial charge >= 0.3 is 6.18 Å². The Hall–Kier alpha value is -2.68. The SMILES string of the molecule is CC(C)(F)COc1ccc(C(=O)N2CC[C@@]3(c4ccccn4)CO[C@H]3C2)cc1C(F)(F)F. The van der Waals surface area contributed by atoms with Gasteiger partial charge in [-0.15, -0.1) is 0 Å². The van der Waals surface area contributed by atoms with Gasteiger partial charge in [0.25, 0.3) is 5.91 Å². The third kappa shape index (κ3) is 4.30. The molecule has 2 saturated heterocycles. The van der Waals surface area contributed by atoms with E-state index in [4.69, 9.17) is 9.47 Å². The molecule has 0 N–H and O–H groups in total. The molecule has 0 unspecified atom stereocenters. The Labute approximate surface area is 183 Å². The van der Waals surface area contributed by atoms with Crippen LogP contribution in [0.3, 0.4) is 0 Å². The number of carbonyl (C=O) groups is 1. The van der Waals surface area contributed by atoms with Crippen molar-refractivity contribution < 1.29 is 31.8 Å². The normalized spacial score (nSPS) is 23.3. The van der Waals surface area contributed by atoms with E-state index in [0.717, 1.165) is 17.8 Å². The number of hydrogen-bond donors (Lipinski definition) is 0. The van der Waals surface area contributed by atoms with Gasteiger partial charge in [0, 0.05) is 24.8 Å². The van der Waals surface area contributed by atoms with E-state index >= 15 is 0 Å². The van der Waals surface area contributed by atoms with Crippen LogP contribution in [0.25, 0.3) is 0 Å². The summed E-state index contributed by atoms with van der Waals surface area (Å²) < 4.78 is 65.2. The van der Waals surface area contributed by atoms with Crippen LogP contribution in [0.2, 0.25) is 0 Å². The average Bonchev–Trinajstić information content (AvgIpc) is 2.72. The summed E-state index contributed by atoms with van der Waals surface area (Å²) in [6.45, 7) is 3.04. The molecule has 0 bridgehead atoms. The number of aromatic nitrogens is 1. The van der Waals surface area contributed by atoms with Crippen LogP contribution in [-0.4, -0.2) is 53.9 Å². The van der Waals surface area contributed by atoms with Gasteiger partial charge < -0.3 is 14.4 Å². The molecule has 9 heteroatoms. The van der Waals surface area contributed by atoms with Gasteiger partial charge in [0.15, 0.2) is 0 Å². The molecule has 0 spiro atoms. The van der Waals surface area contributed by atoms with Gasteiger partial charge in [-0.3, -0.25) is 9.78 Å². The smallest absolute Gasteiger partial charge is 0.419 e. The molecule has 2 atom stereocenters. The Morgan fingerprint density at radius 1 is 1.25 bits per heavy atom. The summed E-state index contributed by atoms with van der Waals surface area (Å²) in [5, 5.41) is 0. The van der Waals surface area contributed by atoms with Crippen molar-refractivity contribution in [2.75, 3.05) is 26.3 Å². The molecule has 0 aliphatic carbocycles. The maximum atomic E-state index is 13.7. The number of pyridine rings is 1. The first kappa shape index (κ1) is 22.5. The molecular formula is C23H24F4N2O3. The number of likely N-dealkylation sites (tertiary alicyclic amines) is 1. The molecule has 2 aromatic rings. The minimum absolute atomic E-state index is 0.103. The third-order valence-electron chi connectivity index (χ3n) is 5.94. The van der Waals surface area contributed by atoms with Gasteiger partial charge in [-0.1, -0.05) is 6.07 Å². The number of carbonyl (C=O) groups excluding carboxylic acids is 1. The number of piperidine rings is 1. The van der Waals surface area contributed by atoms with Crippen LogP contribution in [0, 0.1) is 0 Å². The van der Waals surface area contributed by atoms with E-state index in [2.05, 4.69) is 4.98 Å². The molecule has 2 aliphatic heterocycles. The Morgan fingerprint density at radius 3 is 2.59 bits per heavy atom. The Kier molecular flexibility index (Phi) is 5.65. The van der Waals surface area contributed by atoms with Crippen LogP contribution in [-0.2, 0) is 16.3 Å². The quantitative estimate of drug-likeness (QED) is 0.631. The van der Waals surface area contributed by atoms with Crippen LogP contribution in [0.5, 0.6) is 5.75 Å². The second-order valence-electron chi connectivity index (χ2n) is 8.89. The molecule has 0 saturated carbocycles. The van der Waals surface area contributed by atoms with E-state index in [1.54, 1.807) is 6.20 Å². The number of hydrogen-bond acceptors (Lipinski definition) is 4. The summed E-state index contributed by atoms with van der Waals surface area (Å²) in [7, 11) is 0. The number of halogens is 4. The topological polar surface area (TPSA) is 51.7 Å². The standard InChI is InChI=1S/C23H24F4N2O3/c1-21(2,24)13-31-17-7-6-15(11-16(17)23(25,26)27)20(30)29-10-8-22(14-32-19(22)12-29)18-5-3-4-9-28-18/h3-7,9,11,19H,8,10,12-14H2,1-2H3/t19-,22-/m0/s1. The van der Waals surface area contributed by atoms with Gasteiger partial charge in [-0.05, 0) is 50.6 Å². The lowest BCUT2D eigenvalue weighted by Crippen LogP contribution is -2.65. The van der Waals surface area contributed by atoms with Gasteiger partial charge in [-0.2, -0.15) is 13.2 Å². The number of alkyl halides is 4. The molecule has 5 nitrogen and oxygen atoms in total. The Morgan fingerprint density at radius 2 is 2.03 bits per heavy atom. The summed E-state index contributed by atoms with van der Waals surface area (Å²) in [4.78, 5) is 19.0. The minimum atomic E-state index is -4.75. The van der Waals surface area contributed by atoms with Crippen LogP contribution >= 0.6 is 0 Å². The van der Waals surface area contributed by atoms with E-state index in [9.17, 15) is 22.4 Å². The summed E-state index contributed by atoms with van der Waals surface area (Å²) in [5.41, 5.74) is -2.37. The number of nitrogens with zero attached hydrogens (tertiary/aromatic N) is 2. The zero-order valence-electron chi connectivity index (χ0n) is 17.8. The minimum Gasteiger partial charge on any atom is -0.490 e. The fourth-order valence-electron chi connectivity index (χ4n) is 4.14. The molecule has 1 amide bonds. The molecular weight excluding hydrogens is 428 g/mol. The van der Waals surface area contributed by atoms with Gasteiger partial charge in [0.05, 0.1) is 29.4 Å². The predicted molar refractivity (Wildman–Crippen MR) is 108 cm³/mol. The lowest BCUT2D eigenvalue weighted by Gasteiger charge is -2.54. The molecule has 4 rings (SSSR count). The predicted octanol–water partition coefficient (Wildman–Crippen LogP) is 4.41. The summed E-state index contributed by atoms with van der Waals surface area (Å²) in [5.74, 6) is -1.02.